The molecule has 11 heteroatoms. The number of ether oxygens (including phenoxy) is 3. The van der Waals surface area contributed by atoms with Gasteiger partial charge in [-0.15, -0.1) is 0 Å². The molecule has 1 amide bonds. The number of benzene rings is 2. The molecular formula is C20H23FN2O7S. The standard InChI is InChI=1S/C20H23FN2O7S/c1-5-23(31(26,27)14-8-6-13(21)7-9-14)12-19(24)22-16-11-18(29-3)17(28-2)10-15(16)20(25)30-4/h6-11H,5,12H2,1-4H3,(H,22,24). The van der Waals surface area contributed by atoms with E-state index in [4.69, 9.17) is 14.2 Å². The lowest BCUT2D eigenvalue weighted by atomic mass is 10.1. The molecular weight excluding hydrogens is 431 g/mol. The van der Waals surface area contributed by atoms with Crippen molar-refractivity contribution in [3.05, 3.63) is 47.8 Å². The summed E-state index contributed by atoms with van der Waals surface area (Å²) in [7, 11) is -0.0912. The summed E-state index contributed by atoms with van der Waals surface area (Å²) in [6.07, 6.45) is 0. The first-order valence-electron chi connectivity index (χ1n) is 9.07. The van der Waals surface area contributed by atoms with Gasteiger partial charge in [0.05, 0.1) is 44.0 Å². The normalized spacial score (nSPS) is 11.2. The summed E-state index contributed by atoms with van der Waals surface area (Å²) in [5.41, 5.74) is 0.0580. The van der Waals surface area contributed by atoms with Gasteiger partial charge in [0.2, 0.25) is 15.9 Å². The number of hydrogen-bond acceptors (Lipinski definition) is 7. The van der Waals surface area contributed by atoms with Crippen LogP contribution in [0.1, 0.15) is 17.3 Å². The summed E-state index contributed by atoms with van der Waals surface area (Å²) in [4.78, 5) is 24.6. The lowest BCUT2D eigenvalue weighted by Crippen LogP contribution is -2.38. The van der Waals surface area contributed by atoms with Crippen molar-refractivity contribution in [2.24, 2.45) is 0 Å². The Bertz CT molecular complexity index is 1060. The van der Waals surface area contributed by atoms with Crippen molar-refractivity contribution in [2.45, 2.75) is 11.8 Å². The number of nitrogens with one attached hydrogen (secondary N) is 1. The van der Waals surface area contributed by atoms with Crippen LogP contribution in [0.5, 0.6) is 11.5 Å². The van der Waals surface area contributed by atoms with Crippen LogP contribution in [0.3, 0.4) is 0 Å². The van der Waals surface area contributed by atoms with E-state index in [2.05, 4.69) is 5.32 Å². The highest BCUT2D eigenvalue weighted by atomic mass is 32.2. The van der Waals surface area contributed by atoms with Crippen LogP contribution >= 0.6 is 0 Å². The largest absolute Gasteiger partial charge is 0.493 e. The van der Waals surface area contributed by atoms with E-state index in [0.717, 1.165) is 28.6 Å². The molecule has 0 aliphatic carbocycles. The van der Waals surface area contributed by atoms with E-state index in [1.807, 2.05) is 0 Å². The number of nitrogens with zero attached hydrogens (tertiary/aromatic N) is 1. The summed E-state index contributed by atoms with van der Waals surface area (Å²) in [5.74, 6) is -1.53. The fraction of sp³-hybridized carbons (Fsp3) is 0.300. The number of sulfonamides is 1. The van der Waals surface area contributed by atoms with Crippen LogP contribution in [0.4, 0.5) is 10.1 Å². The van der Waals surface area contributed by atoms with Crippen molar-refractivity contribution in [3.8, 4) is 11.5 Å². The quantitative estimate of drug-likeness (QED) is 0.579. The highest BCUT2D eigenvalue weighted by Gasteiger charge is 2.26. The summed E-state index contributed by atoms with van der Waals surface area (Å²) >= 11 is 0. The number of rotatable bonds is 9. The zero-order valence-electron chi connectivity index (χ0n) is 17.5. The Morgan fingerprint density at radius 3 is 2.13 bits per heavy atom. The number of carbonyl (C=O) groups is 2. The maximum atomic E-state index is 13.1. The summed E-state index contributed by atoms with van der Waals surface area (Å²) in [6.45, 7) is 1.01. The summed E-state index contributed by atoms with van der Waals surface area (Å²) in [5, 5.41) is 2.51. The topological polar surface area (TPSA) is 111 Å². The van der Waals surface area contributed by atoms with Gasteiger partial charge in [-0.3, -0.25) is 4.79 Å². The van der Waals surface area contributed by atoms with Crippen LogP contribution in [0.2, 0.25) is 0 Å². The number of halogens is 1. The lowest BCUT2D eigenvalue weighted by Gasteiger charge is -2.21. The predicted octanol–water partition coefficient (Wildman–Crippen LogP) is 2.28. The Labute approximate surface area is 179 Å². The second-order valence-corrected chi connectivity index (χ2v) is 8.12. The van der Waals surface area contributed by atoms with Gasteiger partial charge in [-0.1, -0.05) is 6.92 Å². The van der Waals surface area contributed by atoms with Gasteiger partial charge in [0.1, 0.15) is 5.82 Å². The zero-order valence-corrected chi connectivity index (χ0v) is 18.3. The lowest BCUT2D eigenvalue weighted by molar-refractivity contribution is -0.116. The first kappa shape index (κ1) is 24.1. The molecule has 0 aliphatic heterocycles. The minimum atomic E-state index is -4.04. The molecule has 2 aromatic rings. The summed E-state index contributed by atoms with van der Waals surface area (Å²) < 4.78 is 54.7. The maximum Gasteiger partial charge on any atom is 0.340 e. The van der Waals surface area contributed by atoms with Gasteiger partial charge < -0.3 is 19.5 Å². The van der Waals surface area contributed by atoms with E-state index in [-0.39, 0.29) is 34.2 Å². The number of hydrogen-bond donors (Lipinski definition) is 1. The summed E-state index contributed by atoms with van der Waals surface area (Å²) in [6, 6.07) is 6.99. The average molecular weight is 454 g/mol. The SMILES string of the molecule is CCN(CC(=O)Nc1cc(OC)c(OC)cc1C(=O)OC)S(=O)(=O)c1ccc(F)cc1. The zero-order chi connectivity index (χ0) is 23.2. The van der Waals surface area contributed by atoms with Crippen molar-refractivity contribution in [3.63, 3.8) is 0 Å². The second-order valence-electron chi connectivity index (χ2n) is 6.18. The molecule has 0 unspecified atom stereocenters. The molecule has 31 heavy (non-hydrogen) atoms. The second kappa shape index (κ2) is 10.2. The fourth-order valence-electron chi connectivity index (χ4n) is 2.73. The molecule has 0 fully saturated rings. The molecule has 0 spiro atoms. The number of methoxy groups -OCH3 is 3. The minimum absolute atomic E-state index is 0.00191. The number of likely N-dealkylation sites (N-methyl/N-ethyl adjacent to an activating group) is 1. The molecule has 1 N–H and O–H groups in total. The highest BCUT2D eigenvalue weighted by molar-refractivity contribution is 7.89. The Balaban J connectivity index is 2.31. The molecule has 168 valence electrons. The predicted molar refractivity (Wildman–Crippen MR) is 110 cm³/mol. The van der Waals surface area contributed by atoms with Crippen LogP contribution in [0.25, 0.3) is 0 Å². The van der Waals surface area contributed by atoms with E-state index in [1.165, 1.54) is 33.5 Å². The monoisotopic (exact) mass is 454 g/mol. The van der Waals surface area contributed by atoms with E-state index in [1.54, 1.807) is 6.92 Å². The van der Waals surface area contributed by atoms with Crippen LogP contribution < -0.4 is 14.8 Å². The van der Waals surface area contributed by atoms with E-state index in [9.17, 15) is 22.4 Å². The van der Waals surface area contributed by atoms with Gasteiger partial charge in [-0.25, -0.2) is 17.6 Å². The van der Waals surface area contributed by atoms with Crippen LogP contribution in [0.15, 0.2) is 41.3 Å². The van der Waals surface area contributed by atoms with Crippen LogP contribution in [-0.2, 0) is 19.6 Å². The molecule has 2 aromatic carbocycles. The smallest absolute Gasteiger partial charge is 0.340 e. The average Bonchev–Trinajstić information content (AvgIpc) is 2.76. The maximum absolute atomic E-state index is 13.1. The van der Waals surface area contributed by atoms with Gasteiger partial charge >= 0.3 is 5.97 Å². The molecule has 0 aromatic heterocycles. The third-order valence-corrected chi connectivity index (χ3v) is 6.26. The van der Waals surface area contributed by atoms with Crippen molar-refractivity contribution >= 4 is 27.6 Å². The number of amides is 1. The first-order valence-corrected chi connectivity index (χ1v) is 10.5. The fourth-order valence-corrected chi connectivity index (χ4v) is 4.14. The minimum Gasteiger partial charge on any atom is -0.493 e. The Morgan fingerprint density at radius 2 is 1.61 bits per heavy atom. The number of carbonyl (C=O) groups excluding carboxylic acids is 2. The molecule has 0 aliphatic rings. The molecule has 9 nitrogen and oxygen atoms in total. The Morgan fingerprint density at radius 1 is 1.03 bits per heavy atom. The number of esters is 1. The van der Waals surface area contributed by atoms with E-state index in [0.29, 0.717) is 0 Å². The van der Waals surface area contributed by atoms with Crippen LogP contribution in [-0.4, -0.2) is 59.0 Å². The van der Waals surface area contributed by atoms with Gasteiger partial charge in [0, 0.05) is 18.7 Å². The van der Waals surface area contributed by atoms with Crippen molar-refractivity contribution in [2.75, 3.05) is 39.7 Å². The van der Waals surface area contributed by atoms with Gasteiger partial charge in [0.15, 0.2) is 11.5 Å². The molecule has 0 bridgehead atoms. The molecule has 0 heterocycles. The van der Waals surface area contributed by atoms with E-state index < -0.39 is 34.3 Å². The third-order valence-electron chi connectivity index (χ3n) is 4.33. The molecule has 0 radical (unpaired) electrons. The van der Waals surface area contributed by atoms with Gasteiger partial charge in [-0.2, -0.15) is 4.31 Å². The third kappa shape index (κ3) is 5.50. The molecule has 2 rings (SSSR count). The highest BCUT2D eigenvalue weighted by Crippen LogP contribution is 2.33. The van der Waals surface area contributed by atoms with Gasteiger partial charge in [-0.05, 0) is 24.3 Å². The number of anilines is 1. The molecule has 0 atom stereocenters. The Hall–Kier alpha value is -3.18. The Kier molecular flexibility index (Phi) is 7.95. The van der Waals surface area contributed by atoms with Crippen LogP contribution in [0, 0.1) is 5.82 Å². The first-order chi connectivity index (χ1) is 14.7. The van der Waals surface area contributed by atoms with Crippen molar-refractivity contribution in [1.82, 2.24) is 4.31 Å². The molecule has 0 saturated carbocycles. The van der Waals surface area contributed by atoms with Crippen molar-refractivity contribution < 1.29 is 36.6 Å². The molecule has 0 saturated heterocycles. The van der Waals surface area contributed by atoms with Gasteiger partial charge in [0.25, 0.3) is 0 Å². The van der Waals surface area contributed by atoms with Crippen molar-refractivity contribution in [1.29, 1.82) is 0 Å². The van der Waals surface area contributed by atoms with E-state index >= 15 is 0 Å².